The standard InChI is InChI=1S/C11H23NO2S.2CH4/c1-10(2,3)12-8(9(13)14)7-15-11(4,5)6;;/h8,12H,7H2,1-6H3,(H,13,14);2*1H4. The highest BCUT2D eigenvalue weighted by molar-refractivity contribution is 8.00. The van der Waals surface area contributed by atoms with Gasteiger partial charge in [-0.25, -0.2) is 0 Å². The van der Waals surface area contributed by atoms with Crippen molar-refractivity contribution in [3.8, 4) is 0 Å². The van der Waals surface area contributed by atoms with E-state index in [0.717, 1.165) is 0 Å². The topological polar surface area (TPSA) is 49.3 Å². The third-order valence-corrected chi connectivity index (χ3v) is 2.95. The molecule has 3 nitrogen and oxygen atoms in total. The van der Waals surface area contributed by atoms with Crippen LogP contribution in [0.4, 0.5) is 0 Å². The highest BCUT2D eigenvalue weighted by atomic mass is 32.2. The largest absolute Gasteiger partial charge is 0.480 e. The number of aliphatic carboxylic acids is 1. The van der Waals surface area contributed by atoms with Crippen LogP contribution in [-0.4, -0.2) is 33.2 Å². The average molecular weight is 265 g/mol. The Labute approximate surface area is 112 Å². The van der Waals surface area contributed by atoms with Gasteiger partial charge in [-0.1, -0.05) is 35.6 Å². The van der Waals surface area contributed by atoms with Gasteiger partial charge in [-0.2, -0.15) is 11.8 Å². The quantitative estimate of drug-likeness (QED) is 0.815. The minimum atomic E-state index is -0.776. The van der Waals surface area contributed by atoms with E-state index in [1.807, 2.05) is 20.8 Å². The average Bonchev–Trinajstić information content (AvgIpc) is 1.93. The van der Waals surface area contributed by atoms with Crippen LogP contribution >= 0.6 is 11.8 Å². The summed E-state index contributed by atoms with van der Waals surface area (Å²) in [7, 11) is 0. The Morgan fingerprint density at radius 1 is 1.18 bits per heavy atom. The number of hydrogen-bond acceptors (Lipinski definition) is 3. The molecule has 0 aromatic heterocycles. The van der Waals surface area contributed by atoms with E-state index in [-0.39, 0.29) is 25.1 Å². The minimum Gasteiger partial charge on any atom is -0.480 e. The smallest absolute Gasteiger partial charge is 0.321 e. The van der Waals surface area contributed by atoms with Crippen molar-refractivity contribution in [1.29, 1.82) is 0 Å². The first kappa shape index (κ1) is 22.0. The molecule has 0 aromatic rings. The molecule has 0 saturated heterocycles. The number of hydrogen-bond donors (Lipinski definition) is 2. The summed E-state index contributed by atoms with van der Waals surface area (Å²) in [6, 6.07) is -0.478. The second-order valence-electron chi connectivity index (χ2n) is 5.71. The maximum Gasteiger partial charge on any atom is 0.321 e. The van der Waals surface area contributed by atoms with Crippen LogP contribution in [0.15, 0.2) is 0 Å². The van der Waals surface area contributed by atoms with Crippen molar-refractivity contribution in [2.75, 3.05) is 5.75 Å². The van der Waals surface area contributed by atoms with Gasteiger partial charge in [0, 0.05) is 16.0 Å². The van der Waals surface area contributed by atoms with Crippen LogP contribution in [0.25, 0.3) is 0 Å². The van der Waals surface area contributed by atoms with Crippen LogP contribution in [-0.2, 0) is 4.79 Å². The van der Waals surface area contributed by atoms with Gasteiger partial charge in [0.05, 0.1) is 0 Å². The number of nitrogens with one attached hydrogen (secondary N) is 1. The van der Waals surface area contributed by atoms with E-state index in [1.54, 1.807) is 11.8 Å². The molecule has 0 saturated carbocycles. The number of carboxylic acids is 1. The minimum absolute atomic E-state index is 0. The Morgan fingerprint density at radius 3 is 1.82 bits per heavy atom. The molecule has 0 aromatic carbocycles. The lowest BCUT2D eigenvalue weighted by atomic mass is 10.1. The Kier molecular flexibility index (Phi) is 10.3. The van der Waals surface area contributed by atoms with E-state index >= 15 is 0 Å². The van der Waals surface area contributed by atoms with Crippen molar-refractivity contribution in [3.63, 3.8) is 0 Å². The molecule has 0 amide bonds. The van der Waals surface area contributed by atoms with Crippen molar-refractivity contribution < 1.29 is 9.90 Å². The zero-order valence-electron chi connectivity index (χ0n) is 10.5. The van der Waals surface area contributed by atoms with E-state index in [1.165, 1.54) is 0 Å². The molecule has 2 N–H and O–H groups in total. The molecule has 17 heavy (non-hydrogen) atoms. The first-order valence-electron chi connectivity index (χ1n) is 5.16. The van der Waals surface area contributed by atoms with Crippen molar-refractivity contribution in [2.45, 2.75) is 72.7 Å². The Morgan fingerprint density at radius 2 is 1.59 bits per heavy atom. The molecular weight excluding hydrogens is 234 g/mol. The highest BCUT2D eigenvalue weighted by Gasteiger charge is 2.25. The summed E-state index contributed by atoms with van der Waals surface area (Å²) in [6.45, 7) is 12.2. The molecule has 1 atom stereocenters. The Bertz CT molecular complexity index is 216. The van der Waals surface area contributed by atoms with E-state index in [2.05, 4.69) is 26.1 Å². The molecule has 0 aliphatic heterocycles. The van der Waals surface area contributed by atoms with Gasteiger partial charge in [-0.15, -0.1) is 0 Å². The fourth-order valence-corrected chi connectivity index (χ4v) is 1.92. The number of thioether (sulfide) groups is 1. The van der Waals surface area contributed by atoms with Gasteiger partial charge in [-0.3, -0.25) is 10.1 Å². The summed E-state index contributed by atoms with van der Waals surface area (Å²) in [4.78, 5) is 11.0. The monoisotopic (exact) mass is 265 g/mol. The third kappa shape index (κ3) is 13.7. The summed E-state index contributed by atoms with van der Waals surface area (Å²) in [5, 5.41) is 12.2. The van der Waals surface area contributed by atoms with Crippen LogP contribution in [0.3, 0.4) is 0 Å². The summed E-state index contributed by atoms with van der Waals surface area (Å²) < 4.78 is 0.104. The molecule has 0 spiro atoms. The molecular formula is C13H31NO2S. The summed E-state index contributed by atoms with van der Waals surface area (Å²) in [5.41, 5.74) is -0.165. The lowest BCUT2D eigenvalue weighted by molar-refractivity contribution is -0.139. The lowest BCUT2D eigenvalue weighted by Crippen LogP contribution is -2.49. The number of carboxylic acid groups (broad SMARTS) is 1. The number of carbonyl (C=O) groups is 1. The first-order chi connectivity index (χ1) is 6.51. The number of rotatable bonds is 4. The zero-order valence-corrected chi connectivity index (χ0v) is 11.4. The molecule has 4 heteroatoms. The van der Waals surface area contributed by atoms with Crippen LogP contribution < -0.4 is 5.32 Å². The van der Waals surface area contributed by atoms with Gasteiger partial charge in [-0.05, 0) is 20.8 Å². The molecule has 0 bridgehead atoms. The molecule has 0 radical (unpaired) electrons. The fourth-order valence-electron chi connectivity index (χ4n) is 1.03. The van der Waals surface area contributed by atoms with Gasteiger partial charge >= 0.3 is 5.97 Å². The van der Waals surface area contributed by atoms with Gasteiger partial charge in [0.2, 0.25) is 0 Å². The van der Waals surface area contributed by atoms with E-state index in [9.17, 15) is 4.79 Å². The van der Waals surface area contributed by atoms with Gasteiger partial charge in [0.15, 0.2) is 0 Å². The first-order valence-corrected chi connectivity index (χ1v) is 6.14. The van der Waals surface area contributed by atoms with Crippen molar-refractivity contribution in [1.82, 2.24) is 5.32 Å². The maximum atomic E-state index is 11.0. The van der Waals surface area contributed by atoms with Crippen molar-refractivity contribution in [3.05, 3.63) is 0 Å². The predicted molar refractivity (Wildman–Crippen MR) is 80.0 cm³/mol. The molecule has 106 valence electrons. The highest BCUT2D eigenvalue weighted by Crippen LogP contribution is 2.24. The zero-order chi connectivity index (χ0) is 12.3. The summed E-state index contributed by atoms with van der Waals surface area (Å²) in [6.07, 6.45) is 0. The Balaban J connectivity index is -0.000000980. The van der Waals surface area contributed by atoms with Gasteiger partial charge < -0.3 is 5.11 Å². The van der Waals surface area contributed by atoms with E-state index in [0.29, 0.717) is 5.75 Å². The molecule has 0 aliphatic rings. The van der Waals surface area contributed by atoms with Crippen LogP contribution in [0.1, 0.15) is 56.4 Å². The van der Waals surface area contributed by atoms with Crippen LogP contribution in [0.2, 0.25) is 0 Å². The van der Waals surface area contributed by atoms with Crippen LogP contribution in [0, 0.1) is 0 Å². The maximum absolute atomic E-state index is 11.0. The molecule has 0 rings (SSSR count). The van der Waals surface area contributed by atoms with Crippen LogP contribution in [0.5, 0.6) is 0 Å². The predicted octanol–water partition coefficient (Wildman–Crippen LogP) is 3.63. The van der Waals surface area contributed by atoms with Gasteiger partial charge in [0.25, 0.3) is 0 Å². The SMILES string of the molecule is C.C.CC(C)(C)NC(CSC(C)(C)C)C(=O)O. The normalized spacial score (nSPS) is 13.3. The van der Waals surface area contributed by atoms with Crippen molar-refractivity contribution in [2.24, 2.45) is 0 Å². The van der Waals surface area contributed by atoms with Gasteiger partial charge in [0.1, 0.15) is 6.04 Å². The second kappa shape index (κ2) is 7.98. The molecule has 0 fully saturated rings. The fraction of sp³-hybridized carbons (Fsp3) is 0.923. The summed E-state index contributed by atoms with van der Waals surface area (Å²) in [5.74, 6) is -0.183. The molecule has 0 aliphatic carbocycles. The third-order valence-electron chi connectivity index (χ3n) is 1.59. The van der Waals surface area contributed by atoms with E-state index in [4.69, 9.17) is 5.11 Å². The second-order valence-corrected chi connectivity index (χ2v) is 7.56. The lowest BCUT2D eigenvalue weighted by Gasteiger charge is -2.28. The molecule has 1 unspecified atom stereocenters. The van der Waals surface area contributed by atoms with Crippen molar-refractivity contribution >= 4 is 17.7 Å². The Hall–Kier alpha value is -0.220. The van der Waals surface area contributed by atoms with E-state index < -0.39 is 12.0 Å². The molecule has 0 heterocycles. The summed E-state index contributed by atoms with van der Waals surface area (Å²) >= 11 is 1.67.